The molecule has 0 aromatic carbocycles. The van der Waals surface area contributed by atoms with Crippen LogP contribution in [0.25, 0.3) is 0 Å². The van der Waals surface area contributed by atoms with Crippen molar-refractivity contribution in [1.29, 1.82) is 0 Å². The third-order valence-electron chi connectivity index (χ3n) is 2.03. The van der Waals surface area contributed by atoms with Crippen LogP contribution in [0.4, 0.5) is 0 Å². The maximum atomic E-state index is 10.2. The van der Waals surface area contributed by atoms with Crippen LogP contribution in [0.1, 0.15) is 40.5 Å². The molecule has 0 amide bonds. The molecule has 7 nitrogen and oxygen atoms in total. The monoisotopic (exact) mass is 486 g/mol. The number of ketones is 2. The Kier molecular flexibility index (Phi) is 34.8. The van der Waals surface area contributed by atoms with E-state index in [-0.39, 0.29) is 37.7 Å². The molecular weight excluding hydrogens is 460 g/mol. The molecule has 26 heavy (non-hydrogen) atoms. The third kappa shape index (κ3) is 31.6. The first-order chi connectivity index (χ1) is 11.8. The van der Waals surface area contributed by atoms with E-state index in [1.54, 1.807) is 0 Å². The molecule has 10 heteroatoms. The average molecular weight is 488 g/mol. The molecule has 0 aromatic rings. The smallest absolute Gasteiger partial charge is 0.542 e. The predicted octanol–water partition coefficient (Wildman–Crippen LogP) is -0.0625. The van der Waals surface area contributed by atoms with Gasteiger partial charge in [-0.25, -0.2) is 0 Å². The summed E-state index contributed by atoms with van der Waals surface area (Å²) in [6.07, 6.45) is 2.28. The molecule has 0 rings (SSSR count). The maximum absolute atomic E-state index is 10.2. The summed E-state index contributed by atoms with van der Waals surface area (Å²) in [5, 5.41) is 19.5. The van der Waals surface area contributed by atoms with E-state index in [2.05, 4.69) is 13.8 Å². The Morgan fingerprint density at radius 3 is 1.23 bits per heavy atom. The van der Waals surface area contributed by atoms with E-state index in [0.717, 1.165) is 37.6 Å². The van der Waals surface area contributed by atoms with Crippen molar-refractivity contribution in [3.05, 3.63) is 0 Å². The minimum atomic E-state index is -1.59. The minimum absolute atomic E-state index is 0. The second kappa shape index (κ2) is 27.0. The molecule has 0 spiro atoms. The number of carbonyl (C=O) groups is 4. The fourth-order valence-corrected chi connectivity index (χ4v) is 1.91. The van der Waals surface area contributed by atoms with Crippen molar-refractivity contribution in [2.75, 3.05) is 36.2 Å². The van der Waals surface area contributed by atoms with Crippen LogP contribution in [0.15, 0.2) is 0 Å². The number of aliphatic carboxylic acids is 2. The molecule has 0 bridgehead atoms. The van der Waals surface area contributed by atoms with Crippen LogP contribution >= 0.6 is 23.5 Å². The van der Waals surface area contributed by atoms with E-state index < -0.39 is 23.5 Å². The van der Waals surface area contributed by atoms with E-state index in [1.165, 1.54) is 23.5 Å². The molecule has 0 aliphatic carbocycles. The number of rotatable bonds is 12. The Hall–Kier alpha value is -0.177. The number of Topliss-reactive ketones (excluding diaryl/α,β-unsaturated/α-hetero) is 2. The normalized spacial score (nSPS) is 8.77. The standard InChI is InChI=1S/C6H14O.2C5H8O3S.Zr/c1-3-5-7-6-4-2;2*1-2-9-3-4(6)5(7)8;/h3-6H2,1-2H3;2*2-3H2,1H3,(H,7,8);/q;;;+2/p-2. The second-order valence-corrected chi connectivity index (χ2v) is 6.86. The van der Waals surface area contributed by atoms with Gasteiger partial charge in [-0.2, -0.15) is 23.5 Å². The van der Waals surface area contributed by atoms with Crippen molar-refractivity contribution in [3.63, 3.8) is 0 Å². The maximum Gasteiger partial charge on any atom is 2.00 e. The summed E-state index contributed by atoms with van der Waals surface area (Å²) >= 11 is 2.55. The van der Waals surface area contributed by atoms with E-state index in [1.807, 2.05) is 13.8 Å². The summed E-state index contributed by atoms with van der Waals surface area (Å²) in [6, 6.07) is 0. The van der Waals surface area contributed by atoms with Gasteiger partial charge in [-0.1, -0.05) is 27.7 Å². The number of hydrogen-bond acceptors (Lipinski definition) is 9. The van der Waals surface area contributed by atoms with Gasteiger partial charge in [0.25, 0.3) is 0 Å². The van der Waals surface area contributed by atoms with Crippen LogP contribution in [-0.2, 0) is 50.1 Å². The van der Waals surface area contributed by atoms with Crippen LogP contribution in [0.3, 0.4) is 0 Å². The SMILES string of the molecule is CCCOCCC.CCSCC(=O)C(=O)[O-].CCSCC(=O)C(=O)[O-].[Zr+2]. The van der Waals surface area contributed by atoms with Gasteiger partial charge in [0.15, 0.2) is 11.6 Å². The summed E-state index contributed by atoms with van der Waals surface area (Å²) < 4.78 is 5.13. The van der Waals surface area contributed by atoms with Crippen LogP contribution in [0, 0.1) is 0 Å². The van der Waals surface area contributed by atoms with Gasteiger partial charge in [0, 0.05) is 13.2 Å². The van der Waals surface area contributed by atoms with Gasteiger partial charge in [-0.3, -0.25) is 9.59 Å². The quantitative estimate of drug-likeness (QED) is 0.275. The Bertz CT molecular complexity index is 346. The Morgan fingerprint density at radius 2 is 1.04 bits per heavy atom. The number of hydrogen-bond donors (Lipinski definition) is 0. The molecule has 0 N–H and O–H groups in total. The number of carboxylic acids is 2. The van der Waals surface area contributed by atoms with Crippen molar-refractivity contribution in [1.82, 2.24) is 0 Å². The first kappa shape index (κ1) is 33.4. The zero-order chi connectivity index (χ0) is 20.1. The van der Waals surface area contributed by atoms with Crippen molar-refractivity contribution in [2.45, 2.75) is 40.5 Å². The Morgan fingerprint density at radius 1 is 0.731 bits per heavy atom. The molecule has 0 fully saturated rings. The van der Waals surface area contributed by atoms with E-state index in [4.69, 9.17) is 4.74 Å². The zero-order valence-electron chi connectivity index (χ0n) is 15.8. The first-order valence-electron chi connectivity index (χ1n) is 7.99. The molecule has 0 aliphatic heterocycles. The molecule has 0 radical (unpaired) electrons. The Labute approximate surface area is 183 Å². The topological polar surface area (TPSA) is 124 Å². The molecule has 0 aromatic heterocycles. The molecule has 0 saturated heterocycles. The predicted molar refractivity (Wildman–Crippen MR) is 97.4 cm³/mol. The van der Waals surface area contributed by atoms with Gasteiger partial charge in [-0.15, -0.1) is 0 Å². The molecule has 0 atom stereocenters. The second-order valence-electron chi connectivity index (χ2n) is 4.31. The van der Waals surface area contributed by atoms with Crippen molar-refractivity contribution in [2.24, 2.45) is 0 Å². The van der Waals surface area contributed by atoms with E-state index in [0.29, 0.717) is 0 Å². The van der Waals surface area contributed by atoms with Crippen LogP contribution in [0.2, 0.25) is 0 Å². The van der Waals surface area contributed by atoms with Crippen LogP contribution in [0.5, 0.6) is 0 Å². The number of ether oxygens (including phenoxy) is 1. The number of thioether (sulfide) groups is 2. The molecule has 150 valence electrons. The molecule has 0 unspecified atom stereocenters. The van der Waals surface area contributed by atoms with Gasteiger partial charge in [0.2, 0.25) is 0 Å². The van der Waals surface area contributed by atoms with Gasteiger partial charge in [0.1, 0.15) is 11.9 Å². The van der Waals surface area contributed by atoms with Crippen molar-refractivity contribution >= 4 is 47.0 Å². The van der Waals surface area contributed by atoms with Gasteiger partial charge in [0.05, 0.1) is 11.5 Å². The van der Waals surface area contributed by atoms with Gasteiger partial charge >= 0.3 is 26.2 Å². The summed E-state index contributed by atoms with van der Waals surface area (Å²) in [5.74, 6) is -3.29. The molecular formula is C16H28O7S2Zr. The summed E-state index contributed by atoms with van der Waals surface area (Å²) in [5.41, 5.74) is 0. The van der Waals surface area contributed by atoms with Crippen LogP contribution in [-0.4, -0.2) is 59.7 Å². The first-order valence-corrected chi connectivity index (χ1v) is 10.3. The van der Waals surface area contributed by atoms with Crippen molar-refractivity contribution in [3.8, 4) is 0 Å². The fraction of sp³-hybridized carbons (Fsp3) is 0.750. The molecule has 0 heterocycles. The number of carbonyl (C=O) groups excluding carboxylic acids is 4. The van der Waals surface area contributed by atoms with Crippen molar-refractivity contribution < 1.29 is 60.3 Å². The fourth-order valence-electron chi connectivity index (χ4n) is 0.898. The summed E-state index contributed by atoms with van der Waals surface area (Å²) in [6.45, 7) is 9.80. The Balaban J connectivity index is -0.000000138. The zero-order valence-corrected chi connectivity index (χ0v) is 19.9. The summed E-state index contributed by atoms with van der Waals surface area (Å²) in [4.78, 5) is 39.9. The molecule has 0 saturated carbocycles. The molecule has 0 aliphatic rings. The number of carboxylic acid groups (broad SMARTS) is 2. The van der Waals surface area contributed by atoms with Gasteiger partial charge < -0.3 is 24.5 Å². The largest absolute Gasteiger partial charge is 2.00 e. The van der Waals surface area contributed by atoms with Gasteiger partial charge in [-0.05, 0) is 24.3 Å². The average Bonchev–Trinajstić information content (AvgIpc) is 2.58. The van der Waals surface area contributed by atoms with E-state index >= 15 is 0 Å². The van der Waals surface area contributed by atoms with E-state index in [9.17, 15) is 29.4 Å². The minimum Gasteiger partial charge on any atom is -0.542 e. The third-order valence-corrected chi connectivity index (χ3v) is 3.78. The van der Waals surface area contributed by atoms with Crippen LogP contribution < -0.4 is 10.2 Å². The summed E-state index contributed by atoms with van der Waals surface area (Å²) in [7, 11) is 0.